The van der Waals surface area contributed by atoms with E-state index in [1.807, 2.05) is 12.3 Å². The Labute approximate surface area is 118 Å². The van der Waals surface area contributed by atoms with E-state index in [-0.39, 0.29) is 0 Å². The number of rotatable bonds is 4. The quantitative estimate of drug-likeness (QED) is 0.482. The molecule has 0 radical (unpaired) electrons. The number of halogens is 1. The van der Waals surface area contributed by atoms with E-state index in [0.717, 1.165) is 17.5 Å². The Morgan fingerprint density at radius 3 is 2.94 bits per heavy atom. The standard InChI is InChI=1S/C12H19ClN4S/c1-16-6-4-5-9(16)8-17(2)11-7-10(13)14-12(15-11)18-3/h7,9H,4-6,8H2,1-3H3. The van der Waals surface area contributed by atoms with E-state index >= 15 is 0 Å². The van der Waals surface area contributed by atoms with Crippen LogP contribution in [0.2, 0.25) is 5.15 Å². The van der Waals surface area contributed by atoms with E-state index in [1.165, 1.54) is 31.1 Å². The highest BCUT2D eigenvalue weighted by molar-refractivity contribution is 7.98. The molecule has 4 nitrogen and oxygen atoms in total. The topological polar surface area (TPSA) is 32.3 Å². The fraction of sp³-hybridized carbons (Fsp3) is 0.667. The summed E-state index contributed by atoms with van der Waals surface area (Å²) in [5.41, 5.74) is 0. The van der Waals surface area contributed by atoms with Gasteiger partial charge in [0.1, 0.15) is 11.0 Å². The molecule has 6 heteroatoms. The SMILES string of the molecule is CSc1nc(Cl)cc(N(C)CC2CCCN2C)n1. The van der Waals surface area contributed by atoms with Crippen molar-refractivity contribution in [3.05, 3.63) is 11.2 Å². The van der Waals surface area contributed by atoms with Crippen molar-refractivity contribution < 1.29 is 0 Å². The predicted molar refractivity (Wildman–Crippen MR) is 77.7 cm³/mol. The van der Waals surface area contributed by atoms with E-state index in [0.29, 0.717) is 11.2 Å². The summed E-state index contributed by atoms with van der Waals surface area (Å²) in [6.45, 7) is 2.18. The first-order chi connectivity index (χ1) is 8.60. The molecule has 1 unspecified atom stereocenters. The highest BCUT2D eigenvalue weighted by atomic mass is 35.5. The molecule has 1 saturated heterocycles. The Morgan fingerprint density at radius 1 is 1.56 bits per heavy atom. The molecular weight excluding hydrogens is 268 g/mol. The van der Waals surface area contributed by atoms with Gasteiger partial charge in [0, 0.05) is 25.7 Å². The van der Waals surface area contributed by atoms with Crippen LogP contribution in [0, 0.1) is 0 Å². The summed E-state index contributed by atoms with van der Waals surface area (Å²) in [5, 5.41) is 1.24. The molecule has 100 valence electrons. The van der Waals surface area contributed by atoms with Crippen LogP contribution >= 0.6 is 23.4 Å². The lowest BCUT2D eigenvalue weighted by Gasteiger charge is -2.26. The van der Waals surface area contributed by atoms with Gasteiger partial charge < -0.3 is 9.80 Å². The monoisotopic (exact) mass is 286 g/mol. The van der Waals surface area contributed by atoms with Gasteiger partial charge in [-0.05, 0) is 32.7 Å². The summed E-state index contributed by atoms with van der Waals surface area (Å²) in [7, 11) is 4.25. The molecule has 1 aliphatic rings. The molecule has 2 rings (SSSR count). The molecule has 1 aromatic heterocycles. The molecule has 1 aliphatic heterocycles. The first-order valence-electron chi connectivity index (χ1n) is 6.10. The molecular formula is C12H19ClN4S. The Kier molecular flexibility index (Phi) is 4.70. The average molecular weight is 287 g/mol. The van der Waals surface area contributed by atoms with Crippen molar-refractivity contribution in [2.45, 2.75) is 24.0 Å². The maximum atomic E-state index is 6.02. The molecule has 0 aromatic carbocycles. The fourth-order valence-electron chi connectivity index (χ4n) is 2.29. The number of anilines is 1. The van der Waals surface area contributed by atoms with Gasteiger partial charge in [0.2, 0.25) is 0 Å². The molecule has 0 spiro atoms. The molecule has 0 saturated carbocycles. The Bertz CT molecular complexity index is 415. The average Bonchev–Trinajstić information content (AvgIpc) is 2.74. The van der Waals surface area contributed by atoms with Crippen LogP contribution in [0.15, 0.2) is 11.2 Å². The van der Waals surface area contributed by atoms with Crippen molar-refractivity contribution in [2.75, 3.05) is 38.3 Å². The highest BCUT2D eigenvalue weighted by Crippen LogP contribution is 2.22. The number of likely N-dealkylation sites (tertiary alicyclic amines) is 1. The molecule has 0 bridgehead atoms. The van der Waals surface area contributed by atoms with Gasteiger partial charge in [-0.15, -0.1) is 0 Å². The summed E-state index contributed by atoms with van der Waals surface area (Å²) in [5.74, 6) is 0.902. The zero-order chi connectivity index (χ0) is 13.1. The Morgan fingerprint density at radius 2 is 2.33 bits per heavy atom. The highest BCUT2D eigenvalue weighted by Gasteiger charge is 2.22. The normalized spacial score (nSPS) is 20.3. The summed E-state index contributed by atoms with van der Waals surface area (Å²) in [4.78, 5) is 13.2. The maximum Gasteiger partial charge on any atom is 0.190 e. The summed E-state index contributed by atoms with van der Waals surface area (Å²) in [6, 6.07) is 2.44. The number of hydrogen-bond acceptors (Lipinski definition) is 5. The number of likely N-dealkylation sites (N-methyl/N-ethyl adjacent to an activating group) is 2. The lowest BCUT2D eigenvalue weighted by molar-refractivity contribution is 0.314. The second-order valence-electron chi connectivity index (χ2n) is 4.69. The van der Waals surface area contributed by atoms with E-state index < -0.39 is 0 Å². The molecule has 1 aromatic rings. The third kappa shape index (κ3) is 3.28. The van der Waals surface area contributed by atoms with Gasteiger partial charge in [0.15, 0.2) is 5.16 Å². The fourth-order valence-corrected chi connectivity index (χ4v) is 2.89. The smallest absolute Gasteiger partial charge is 0.190 e. The third-order valence-electron chi connectivity index (χ3n) is 3.39. The Hall–Kier alpha value is -0.520. The van der Waals surface area contributed by atoms with E-state index in [2.05, 4.69) is 33.9 Å². The van der Waals surface area contributed by atoms with Crippen LogP contribution in [0.3, 0.4) is 0 Å². The van der Waals surface area contributed by atoms with Gasteiger partial charge in [-0.2, -0.15) is 0 Å². The minimum atomic E-state index is 0.510. The van der Waals surface area contributed by atoms with Gasteiger partial charge in [0.05, 0.1) is 0 Å². The third-order valence-corrected chi connectivity index (χ3v) is 4.13. The molecule has 18 heavy (non-hydrogen) atoms. The second-order valence-corrected chi connectivity index (χ2v) is 5.85. The van der Waals surface area contributed by atoms with Crippen molar-refractivity contribution in [1.29, 1.82) is 0 Å². The summed E-state index contributed by atoms with van der Waals surface area (Å²) in [6.07, 6.45) is 4.50. The predicted octanol–water partition coefficient (Wildman–Crippen LogP) is 2.38. The largest absolute Gasteiger partial charge is 0.358 e. The second kappa shape index (κ2) is 6.08. The lowest BCUT2D eigenvalue weighted by atomic mass is 10.2. The van der Waals surface area contributed by atoms with Crippen molar-refractivity contribution in [2.24, 2.45) is 0 Å². The van der Waals surface area contributed by atoms with Crippen LogP contribution < -0.4 is 4.90 Å². The zero-order valence-electron chi connectivity index (χ0n) is 11.1. The van der Waals surface area contributed by atoms with Crippen LogP contribution in [0.5, 0.6) is 0 Å². The summed E-state index contributed by atoms with van der Waals surface area (Å²) < 4.78 is 0. The van der Waals surface area contributed by atoms with Crippen molar-refractivity contribution in [1.82, 2.24) is 14.9 Å². The van der Waals surface area contributed by atoms with Crippen molar-refractivity contribution >= 4 is 29.2 Å². The first-order valence-corrected chi connectivity index (χ1v) is 7.70. The van der Waals surface area contributed by atoms with E-state index in [9.17, 15) is 0 Å². The molecule has 0 aliphatic carbocycles. The zero-order valence-corrected chi connectivity index (χ0v) is 12.6. The maximum absolute atomic E-state index is 6.02. The Balaban J connectivity index is 2.08. The van der Waals surface area contributed by atoms with E-state index in [1.54, 1.807) is 0 Å². The van der Waals surface area contributed by atoms with Gasteiger partial charge in [0.25, 0.3) is 0 Å². The molecule has 1 atom stereocenters. The van der Waals surface area contributed by atoms with Gasteiger partial charge in [-0.3, -0.25) is 0 Å². The first kappa shape index (κ1) is 13.9. The minimum absolute atomic E-state index is 0.510. The van der Waals surface area contributed by atoms with Crippen LogP contribution in [0.4, 0.5) is 5.82 Å². The molecule has 1 fully saturated rings. The minimum Gasteiger partial charge on any atom is -0.358 e. The number of aromatic nitrogens is 2. The van der Waals surface area contributed by atoms with Crippen LogP contribution in [-0.2, 0) is 0 Å². The molecule has 2 heterocycles. The van der Waals surface area contributed by atoms with Crippen LogP contribution in [0.25, 0.3) is 0 Å². The van der Waals surface area contributed by atoms with Gasteiger partial charge in [-0.25, -0.2) is 9.97 Å². The summed E-state index contributed by atoms with van der Waals surface area (Å²) >= 11 is 7.53. The van der Waals surface area contributed by atoms with Gasteiger partial charge in [-0.1, -0.05) is 23.4 Å². The number of nitrogens with zero attached hydrogens (tertiary/aromatic N) is 4. The van der Waals surface area contributed by atoms with Crippen molar-refractivity contribution in [3.8, 4) is 0 Å². The lowest BCUT2D eigenvalue weighted by Crippen LogP contribution is -2.37. The van der Waals surface area contributed by atoms with Crippen LogP contribution in [0.1, 0.15) is 12.8 Å². The van der Waals surface area contributed by atoms with E-state index in [4.69, 9.17) is 11.6 Å². The van der Waals surface area contributed by atoms with Crippen LogP contribution in [-0.4, -0.2) is 54.4 Å². The molecule has 0 amide bonds. The van der Waals surface area contributed by atoms with Crippen molar-refractivity contribution in [3.63, 3.8) is 0 Å². The number of thioether (sulfide) groups is 1. The van der Waals surface area contributed by atoms with Gasteiger partial charge >= 0.3 is 0 Å². The number of hydrogen-bond donors (Lipinski definition) is 0. The molecule has 0 N–H and O–H groups in total.